The van der Waals surface area contributed by atoms with E-state index in [0.29, 0.717) is 21.4 Å². The van der Waals surface area contributed by atoms with Crippen LogP contribution in [0.3, 0.4) is 0 Å². The summed E-state index contributed by atoms with van der Waals surface area (Å²) in [5.41, 5.74) is 0.824. The molecule has 2 aromatic heterocycles. The van der Waals surface area contributed by atoms with Crippen LogP contribution in [-0.4, -0.2) is 15.9 Å². The number of H-pyrrole nitrogens is 1. The lowest BCUT2D eigenvalue weighted by Gasteiger charge is -2.04. The van der Waals surface area contributed by atoms with E-state index >= 15 is 0 Å². The van der Waals surface area contributed by atoms with Gasteiger partial charge >= 0.3 is 0 Å². The first-order chi connectivity index (χ1) is 7.66. The fraction of sp³-hybridized carbons (Fsp3) is 0. The standard InChI is InChI=1S/C10H7Cl2N3O/c11-6-3-8(14-4-6)10(16)15-9-5-13-2-1-7(9)12/h1-5,14H,(H,15,16). The Balaban J connectivity index is 2.17. The largest absolute Gasteiger partial charge is 0.356 e. The Morgan fingerprint density at radius 1 is 1.44 bits per heavy atom. The third kappa shape index (κ3) is 2.35. The third-order valence-electron chi connectivity index (χ3n) is 1.91. The maximum Gasteiger partial charge on any atom is 0.272 e. The van der Waals surface area contributed by atoms with Gasteiger partial charge in [0.1, 0.15) is 5.69 Å². The molecule has 2 aromatic rings. The predicted octanol–water partition coefficient (Wildman–Crippen LogP) is 2.97. The molecule has 0 aliphatic heterocycles. The van der Waals surface area contributed by atoms with Crippen LogP contribution in [0, 0.1) is 0 Å². The lowest BCUT2D eigenvalue weighted by molar-refractivity contribution is 0.102. The molecule has 0 atom stereocenters. The summed E-state index contributed by atoms with van der Waals surface area (Å²) in [6, 6.07) is 3.13. The van der Waals surface area contributed by atoms with E-state index in [1.54, 1.807) is 12.3 Å². The van der Waals surface area contributed by atoms with Crippen molar-refractivity contribution < 1.29 is 4.79 Å². The van der Waals surface area contributed by atoms with Gasteiger partial charge in [0.25, 0.3) is 5.91 Å². The van der Waals surface area contributed by atoms with E-state index in [4.69, 9.17) is 23.2 Å². The van der Waals surface area contributed by atoms with Crippen molar-refractivity contribution in [3.63, 3.8) is 0 Å². The molecule has 0 spiro atoms. The highest BCUT2D eigenvalue weighted by Gasteiger charge is 2.09. The summed E-state index contributed by atoms with van der Waals surface area (Å²) < 4.78 is 0. The second kappa shape index (κ2) is 4.55. The van der Waals surface area contributed by atoms with Crippen molar-refractivity contribution in [3.8, 4) is 0 Å². The molecule has 4 nitrogen and oxygen atoms in total. The fourth-order valence-corrected chi connectivity index (χ4v) is 1.47. The van der Waals surface area contributed by atoms with Crippen molar-refractivity contribution in [1.82, 2.24) is 9.97 Å². The van der Waals surface area contributed by atoms with Gasteiger partial charge in [-0.05, 0) is 12.1 Å². The SMILES string of the molecule is O=C(Nc1cnccc1Cl)c1cc(Cl)c[nH]1. The summed E-state index contributed by atoms with van der Waals surface area (Å²) in [6.45, 7) is 0. The molecule has 0 fully saturated rings. The Bertz CT molecular complexity index is 524. The van der Waals surface area contributed by atoms with Crippen LogP contribution in [0.4, 0.5) is 5.69 Å². The Kier molecular flexibility index (Phi) is 3.12. The van der Waals surface area contributed by atoms with Crippen LogP contribution >= 0.6 is 23.2 Å². The van der Waals surface area contributed by atoms with Gasteiger partial charge in [0, 0.05) is 12.4 Å². The summed E-state index contributed by atoms with van der Waals surface area (Å²) in [4.78, 5) is 18.3. The molecular weight excluding hydrogens is 249 g/mol. The smallest absolute Gasteiger partial charge is 0.272 e. The van der Waals surface area contributed by atoms with E-state index in [2.05, 4.69) is 15.3 Å². The number of halogens is 2. The number of carbonyl (C=O) groups excluding carboxylic acids is 1. The van der Waals surface area contributed by atoms with Gasteiger partial charge in [0.15, 0.2) is 0 Å². The lowest BCUT2D eigenvalue weighted by atomic mass is 10.3. The summed E-state index contributed by atoms with van der Waals surface area (Å²) in [6.07, 6.45) is 4.55. The van der Waals surface area contributed by atoms with Crippen LogP contribution in [0.25, 0.3) is 0 Å². The molecule has 2 heterocycles. The number of aromatic amines is 1. The van der Waals surface area contributed by atoms with Crippen LogP contribution < -0.4 is 5.32 Å². The molecule has 2 rings (SSSR count). The fourth-order valence-electron chi connectivity index (χ4n) is 1.16. The summed E-state index contributed by atoms with van der Waals surface area (Å²) in [5, 5.41) is 3.52. The van der Waals surface area contributed by atoms with Crippen molar-refractivity contribution in [2.45, 2.75) is 0 Å². The lowest BCUT2D eigenvalue weighted by Crippen LogP contribution is -2.12. The summed E-state index contributed by atoms with van der Waals surface area (Å²) in [5.74, 6) is -0.318. The Morgan fingerprint density at radius 2 is 2.25 bits per heavy atom. The number of anilines is 1. The number of nitrogens with zero attached hydrogens (tertiary/aromatic N) is 1. The van der Waals surface area contributed by atoms with Gasteiger partial charge in [-0.2, -0.15) is 0 Å². The highest BCUT2D eigenvalue weighted by Crippen LogP contribution is 2.20. The highest BCUT2D eigenvalue weighted by molar-refractivity contribution is 6.34. The van der Waals surface area contributed by atoms with Crippen LogP contribution in [0.2, 0.25) is 10.0 Å². The zero-order chi connectivity index (χ0) is 11.5. The summed E-state index contributed by atoms with van der Waals surface area (Å²) >= 11 is 11.6. The van der Waals surface area contributed by atoms with Crippen LogP contribution in [0.5, 0.6) is 0 Å². The maximum atomic E-state index is 11.7. The topological polar surface area (TPSA) is 57.8 Å². The van der Waals surface area contributed by atoms with Crippen molar-refractivity contribution in [3.05, 3.63) is 46.5 Å². The highest BCUT2D eigenvalue weighted by atomic mass is 35.5. The van der Waals surface area contributed by atoms with Gasteiger partial charge in [-0.3, -0.25) is 9.78 Å². The van der Waals surface area contributed by atoms with Gasteiger partial charge in [-0.15, -0.1) is 0 Å². The minimum absolute atomic E-state index is 0.318. The minimum Gasteiger partial charge on any atom is -0.356 e. The quantitative estimate of drug-likeness (QED) is 0.867. The Morgan fingerprint density at radius 3 is 2.88 bits per heavy atom. The number of amides is 1. The summed E-state index contributed by atoms with van der Waals surface area (Å²) in [7, 11) is 0. The van der Waals surface area contributed by atoms with E-state index in [0.717, 1.165) is 0 Å². The first-order valence-corrected chi connectivity index (χ1v) is 5.17. The predicted molar refractivity (Wildman–Crippen MR) is 63.0 cm³/mol. The molecule has 16 heavy (non-hydrogen) atoms. The van der Waals surface area contributed by atoms with Crippen molar-refractivity contribution in [2.24, 2.45) is 0 Å². The van der Waals surface area contributed by atoms with Crippen LogP contribution in [0.1, 0.15) is 10.5 Å². The minimum atomic E-state index is -0.318. The van der Waals surface area contributed by atoms with Gasteiger partial charge in [-0.1, -0.05) is 23.2 Å². The molecule has 0 saturated carbocycles. The molecule has 0 unspecified atom stereocenters. The normalized spacial score (nSPS) is 10.1. The molecule has 0 aliphatic rings. The first-order valence-electron chi connectivity index (χ1n) is 4.41. The molecule has 0 aromatic carbocycles. The molecule has 0 aliphatic carbocycles. The monoisotopic (exact) mass is 255 g/mol. The zero-order valence-corrected chi connectivity index (χ0v) is 9.51. The van der Waals surface area contributed by atoms with Crippen LogP contribution in [-0.2, 0) is 0 Å². The van der Waals surface area contributed by atoms with Crippen LogP contribution in [0.15, 0.2) is 30.7 Å². The van der Waals surface area contributed by atoms with Gasteiger partial charge in [0.05, 0.1) is 21.9 Å². The Labute approximate surface area is 102 Å². The van der Waals surface area contributed by atoms with Gasteiger partial charge in [-0.25, -0.2) is 0 Å². The molecule has 1 amide bonds. The van der Waals surface area contributed by atoms with Crippen molar-refractivity contribution in [2.75, 3.05) is 5.32 Å². The van der Waals surface area contributed by atoms with Gasteiger partial charge < -0.3 is 10.3 Å². The number of pyridine rings is 1. The number of rotatable bonds is 2. The Hall–Kier alpha value is -1.52. The van der Waals surface area contributed by atoms with E-state index in [1.165, 1.54) is 18.5 Å². The molecule has 0 saturated heterocycles. The number of aromatic nitrogens is 2. The van der Waals surface area contributed by atoms with Crippen molar-refractivity contribution in [1.29, 1.82) is 0 Å². The van der Waals surface area contributed by atoms with Gasteiger partial charge in [0.2, 0.25) is 0 Å². The van der Waals surface area contributed by atoms with E-state index < -0.39 is 0 Å². The average molecular weight is 256 g/mol. The zero-order valence-electron chi connectivity index (χ0n) is 8.00. The first kappa shape index (κ1) is 11.0. The molecule has 2 N–H and O–H groups in total. The third-order valence-corrected chi connectivity index (χ3v) is 2.46. The molecule has 0 radical (unpaired) electrons. The molecular formula is C10H7Cl2N3O. The molecule has 0 bridgehead atoms. The van der Waals surface area contributed by atoms with E-state index in [9.17, 15) is 4.79 Å². The number of nitrogens with one attached hydrogen (secondary N) is 2. The van der Waals surface area contributed by atoms with E-state index in [-0.39, 0.29) is 5.91 Å². The average Bonchev–Trinajstić information content (AvgIpc) is 2.68. The number of hydrogen-bond acceptors (Lipinski definition) is 2. The maximum absolute atomic E-state index is 11.7. The second-order valence-corrected chi connectivity index (χ2v) is 3.88. The molecule has 6 heteroatoms. The second-order valence-electron chi connectivity index (χ2n) is 3.04. The van der Waals surface area contributed by atoms with Crippen molar-refractivity contribution >= 4 is 34.8 Å². The number of hydrogen-bond donors (Lipinski definition) is 2. The number of carbonyl (C=O) groups is 1. The van der Waals surface area contributed by atoms with E-state index in [1.807, 2.05) is 0 Å². The molecule has 82 valence electrons.